The number of hydrogen-bond acceptors (Lipinski definition) is 3. The maximum absolute atomic E-state index is 12.3. The molecule has 0 aromatic heterocycles. The molecule has 0 radical (unpaired) electrons. The van der Waals surface area contributed by atoms with E-state index in [1.165, 1.54) is 0 Å². The first-order valence-electron chi connectivity index (χ1n) is 6.43. The molecule has 3 atom stereocenters. The van der Waals surface area contributed by atoms with Gasteiger partial charge < -0.3 is 15.7 Å². The van der Waals surface area contributed by atoms with Crippen LogP contribution in [0.2, 0.25) is 0 Å². The van der Waals surface area contributed by atoms with Gasteiger partial charge in [0.2, 0.25) is 5.91 Å². The van der Waals surface area contributed by atoms with Crippen molar-refractivity contribution in [2.45, 2.75) is 51.7 Å². The van der Waals surface area contributed by atoms with Crippen molar-refractivity contribution in [3.05, 3.63) is 0 Å². The lowest BCUT2D eigenvalue weighted by molar-refractivity contribution is -0.139. The number of aliphatic hydroxyl groups is 1. The van der Waals surface area contributed by atoms with Crippen LogP contribution < -0.4 is 5.73 Å². The second-order valence-corrected chi connectivity index (χ2v) is 6.16. The number of likely N-dealkylation sites (N-methyl/N-ethyl adjacent to an activating group) is 1. The number of amides is 1. The molecule has 1 aliphatic rings. The highest BCUT2D eigenvalue weighted by Crippen LogP contribution is 2.30. The van der Waals surface area contributed by atoms with Gasteiger partial charge in [-0.2, -0.15) is 0 Å². The molecule has 0 spiro atoms. The Hall–Kier alpha value is -0.610. The number of carbonyl (C=O) groups is 1. The molecule has 0 aromatic carbocycles. The quantitative estimate of drug-likeness (QED) is 0.775. The molecule has 1 saturated carbocycles. The Morgan fingerprint density at radius 1 is 1.47 bits per heavy atom. The van der Waals surface area contributed by atoms with Gasteiger partial charge in [-0.1, -0.05) is 6.92 Å². The van der Waals surface area contributed by atoms with Crippen LogP contribution >= 0.6 is 0 Å². The molecule has 0 heterocycles. The summed E-state index contributed by atoms with van der Waals surface area (Å²) < 4.78 is 0. The first-order chi connectivity index (χ1) is 7.70. The summed E-state index contributed by atoms with van der Waals surface area (Å²) >= 11 is 0. The highest BCUT2D eigenvalue weighted by atomic mass is 16.3. The average Bonchev–Trinajstić information content (AvgIpc) is 2.14. The Bertz CT molecular complexity index is 273. The average molecular weight is 242 g/mol. The molecule has 1 rings (SSSR count). The fraction of sp³-hybridized carbons (Fsp3) is 0.923. The molecule has 1 amide bonds. The SMILES string of the molecule is CC1CC(N)CCC1C(=O)N(C)CC(C)(C)O. The number of nitrogens with two attached hydrogens (primary N) is 1. The minimum atomic E-state index is -0.835. The van der Waals surface area contributed by atoms with E-state index in [1.54, 1.807) is 25.8 Å². The van der Waals surface area contributed by atoms with Crippen LogP contribution in [0.1, 0.15) is 40.0 Å². The van der Waals surface area contributed by atoms with E-state index in [0.717, 1.165) is 19.3 Å². The maximum atomic E-state index is 12.3. The van der Waals surface area contributed by atoms with E-state index in [1.807, 2.05) is 0 Å². The van der Waals surface area contributed by atoms with Crippen molar-refractivity contribution in [2.75, 3.05) is 13.6 Å². The van der Waals surface area contributed by atoms with E-state index >= 15 is 0 Å². The fourth-order valence-corrected chi connectivity index (χ4v) is 2.75. The topological polar surface area (TPSA) is 66.6 Å². The Labute approximate surface area is 104 Å². The van der Waals surface area contributed by atoms with Crippen LogP contribution in [0, 0.1) is 11.8 Å². The molecule has 0 bridgehead atoms. The van der Waals surface area contributed by atoms with Crippen LogP contribution in [0.4, 0.5) is 0 Å². The molecule has 100 valence electrons. The summed E-state index contributed by atoms with van der Waals surface area (Å²) in [6.45, 7) is 5.91. The second kappa shape index (κ2) is 5.36. The zero-order valence-electron chi connectivity index (χ0n) is 11.4. The molecular weight excluding hydrogens is 216 g/mol. The van der Waals surface area contributed by atoms with E-state index in [-0.39, 0.29) is 17.9 Å². The smallest absolute Gasteiger partial charge is 0.225 e. The molecule has 1 fully saturated rings. The monoisotopic (exact) mass is 242 g/mol. The van der Waals surface area contributed by atoms with Gasteiger partial charge in [-0.25, -0.2) is 0 Å². The van der Waals surface area contributed by atoms with Gasteiger partial charge in [-0.05, 0) is 39.0 Å². The van der Waals surface area contributed by atoms with Gasteiger partial charge in [0.05, 0.1) is 5.60 Å². The number of nitrogens with zero attached hydrogens (tertiary/aromatic N) is 1. The second-order valence-electron chi connectivity index (χ2n) is 6.16. The first kappa shape index (κ1) is 14.5. The van der Waals surface area contributed by atoms with Crippen LogP contribution in [0.25, 0.3) is 0 Å². The molecule has 4 nitrogen and oxygen atoms in total. The summed E-state index contributed by atoms with van der Waals surface area (Å²) in [7, 11) is 1.77. The minimum Gasteiger partial charge on any atom is -0.389 e. The molecule has 3 N–H and O–H groups in total. The van der Waals surface area contributed by atoms with E-state index in [9.17, 15) is 9.90 Å². The molecule has 4 heteroatoms. The summed E-state index contributed by atoms with van der Waals surface area (Å²) in [4.78, 5) is 13.9. The Kier molecular flexibility index (Phi) is 4.55. The third-order valence-corrected chi connectivity index (χ3v) is 3.53. The van der Waals surface area contributed by atoms with Crippen molar-refractivity contribution < 1.29 is 9.90 Å². The van der Waals surface area contributed by atoms with Gasteiger partial charge in [0.1, 0.15) is 0 Å². The van der Waals surface area contributed by atoms with Gasteiger partial charge in [0.25, 0.3) is 0 Å². The van der Waals surface area contributed by atoms with Crippen molar-refractivity contribution >= 4 is 5.91 Å². The lowest BCUT2D eigenvalue weighted by atomic mass is 9.77. The molecule has 17 heavy (non-hydrogen) atoms. The lowest BCUT2D eigenvalue weighted by Crippen LogP contribution is -2.46. The molecule has 3 unspecified atom stereocenters. The molecule has 1 aliphatic carbocycles. The Morgan fingerprint density at radius 2 is 2.06 bits per heavy atom. The molecule has 0 aliphatic heterocycles. The number of rotatable bonds is 3. The number of hydrogen-bond donors (Lipinski definition) is 2. The third-order valence-electron chi connectivity index (χ3n) is 3.53. The summed E-state index contributed by atoms with van der Waals surface area (Å²) in [5.41, 5.74) is 5.07. The van der Waals surface area contributed by atoms with Crippen molar-refractivity contribution in [3.8, 4) is 0 Å². The first-order valence-corrected chi connectivity index (χ1v) is 6.43. The largest absolute Gasteiger partial charge is 0.389 e. The lowest BCUT2D eigenvalue weighted by Gasteiger charge is -2.35. The minimum absolute atomic E-state index is 0.0714. The van der Waals surface area contributed by atoms with Crippen LogP contribution in [0.5, 0.6) is 0 Å². The predicted octanol–water partition coefficient (Wildman–Crippen LogP) is 0.979. The number of carbonyl (C=O) groups excluding carboxylic acids is 1. The van der Waals surface area contributed by atoms with Crippen molar-refractivity contribution in [1.82, 2.24) is 4.90 Å². The van der Waals surface area contributed by atoms with E-state index in [2.05, 4.69) is 6.92 Å². The van der Waals surface area contributed by atoms with Crippen LogP contribution in [-0.2, 0) is 4.79 Å². The van der Waals surface area contributed by atoms with Gasteiger partial charge in [-0.15, -0.1) is 0 Å². The fourth-order valence-electron chi connectivity index (χ4n) is 2.75. The van der Waals surface area contributed by atoms with Gasteiger partial charge in [0, 0.05) is 25.6 Å². The van der Waals surface area contributed by atoms with Gasteiger partial charge in [0.15, 0.2) is 0 Å². The van der Waals surface area contributed by atoms with E-state index in [4.69, 9.17) is 5.73 Å². The third kappa shape index (κ3) is 4.28. The van der Waals surface area contributed by atoms with Crippen molar-refractivity contribution in [3.63, 3.8) is 0 Å². The Morgan fingerprint density at radius 3 is 2.53 bits per heavy atom. The highest BCUT2D eigenvalue weighted by molar-refractivity contribution is 5.79. The normalized spacial score (nSPS) is 30.1. The maximum Gasteiger partial charge on any atom is 0.225 e. The van der Waals surface area contributed by atoms with Gasteiger partial charge in [-0.3, -0.25) is 4.79 Å². The molecular formula is C13H26N2O2. The summed E-state index contributed by atoms with van der Waals surface area (Å²) in [5.74, 6) is 0.559. The molecule has 0 aromatic rings. The van der Waals surface area contributed by atoms with Crippen molar-refractivity contribution in [1.29, 1.82) is 0 Å². The Balaban J connectivity index is 2.57. The standard InChI is InChI=1S/C13H26N2O2/c1-9-7-10(14)5-6-11(9)12(16)15(4)8-13(2,3)17/h9-11,17H,5-8,14H2,1-4H3. The predicted molar refractivity (Wildman–Crippen MR) is 68.4 cm³/mol. The highest BCUT2D eigenvalue weighted by Gasteiger charge is 2.33. The van der Waals surface area contributed by atoms with Crippen LogP contribution in [0.15, 0.2) is 0 Å². The van der Waals surface area contributed by atoms with Crippen LogP contribution in [-0.4, -0.2) is 41.1 Å². The van der Waals surface area contributed by atoms with Crippen molar-refractivity contribution in [2.24, 2.45) is 17.6 Å². The van der Waals surface area contributed by atoms with E-state index in [0.29, 0.717) is 12.5 Å². The molecule has 0 saturated heterocycles. The summed E-state index contributed by atoms with van der Waals surface area (Å²) in [5, 5.41) is 9.73. The zero-order chi connectivity index (χ0) is 13.2. The zero-order valence-corrected chi connectivity index (χ0v) is 11.4. The summed E-state index contributed by atoms with van der Waals surface area (Å²) in [6, 6.07) is 0.244. The van der Waals surface area contributed by atoms with E-state index < -0.39 is 5.60 Å². The summed E-state index contributed by atoms with van der Waals surface area (Å²) in [6.07, 6.45) is 2.72. The van der Waals surface area contributed by atoms with Gasteiger partial charge >= 0.3 is 0 Å². The van der Waals surface area contributed by atoms with Crippen LogP contribution in [0.3, 0.4) is 0 Å².